The summed E-state index contributed by atoms with van der Waals surface area (Å²) in [5, 5.41) is 17.9. The van der Waals surface area contributed by atoms with Crippen LogP contribution in [0.3, 0.4) is 0 Å². The molecule has 1 rings (SSSR count). The summed E-state index contributed by atoms with van der Waals surface area (Å²) in [5.41, 5.74) is 4.60. The Morgan fingerprint density at radius 3 is 2.47 bits per heavy atom. The zero-order valence-electron chi connectivity index (χ0n) is 11.0. The van der Waals surface area contributed by atoms with Crippen LogP contribution in [0, 0.1) is 5.41 Å². The number of amides is 1. The summed E-state index contributed by atoms with van der Waals surface area (Å²) in [7, 11) is 0. The number of carboxylic acids is 2. The summed E-state index contributed by atoms with van der Waals surface area (Å²) in [6.45, 7) is 2.31. The summed E-state index contributed by atoms with van der Waals surface area (Å²) in [5.74, 6) is -2.54. The summed E-state index contributed by atoms with van der Waals surface area (Å²) in [4.78, 5) is 35.3. The first-order chi connectivity index (χ1) is 8.82. The smallest absolute Gasteiger partial charge is 0.311 e. The maximum Gasteiger partial charge on any atom is 0.311 e. The highest BCUT2D eigenvalue weighted by molar-refractivity contribution is 5.87. The van der Waals surface area contributed by atoms with E-state index in [0.717, 1.165) is 0 Å². The largest absolute Gasteiger partial charge is 0.481 e. The number of nitrogens with two attached hydrogens (primary N) is 1. The third kappa shape index (κ3) is 3.44. The van der Waals surface area contributed by atoms with Crippen LogP contribution >= 0.6 is 0 Å². The van der Waals surface area contributed by atoms with Gasteiger partial charge in [0.1, 0.15) is 0 Å². The van der Waals surface area contributed by atoms with E-state index in [0.29, 0.717) is 25.8 Å². The lowest BCUT2D eigenvalue weighted by Crippen LogP contribution is -2.54. The van der Waals surface area contributed by atoms with Gasteiger partial charge in [0.25, 0.3) is 0 Å². The topological polar surface area (TPSA) is 121 Å². The number of nitrogens with zero attached hydrogens (tertiary/aromatic N) is 1. The average molecular weight is 272 g/mol. The van der Waals surface area contributed by atoms with Crippen LogP contribution < -0.4 is 5.73 Å². The predicted molar refractivity (Wildman–Crippen MR) is 66.4 cm³/mol. The molecule has 0 aliphatic carbocycles. The molecule has 1 amide bonds. The van der Waals surface area contributed by atoms with E-state index in [2.05, 4.69) is 0 Å². The highest BCUT2D eigenvalue weighted by Crippen LogP contribution is 2.33. The van der Waals surface area contributed by atoms with Crippen molar-refractivity contribution in [1.29, 1.82) is 0 Å². The first kappa shape index (κ1) is 15.4. The molecule has 7 nitrogen and oxygen atoms in total. The number of piperidine rings is 1. The fourth-order valence-electron chi connectivity index (χ4n) is 2.44. The second-order valence-corrected chi connectivity index (χ2v) is 5.01. The molecular weight excluding hydrogens is 252 g/mol. The van der Waals surface area contributed by atoms with Crippen molar-refractivity contribution in [3.8, 4) is 0 Å². The van der Waals surface area contributed by atoms with E-state index in [1.165, 1.54) is 4.90 Å². The van der Waals surface area contributed by atoms with E-state index in [9.17, 15) is 19.5 Å². The Labute approximate surface area is 111 Å². The van der Waals surface area contributed by atoms with Crippen molar-refractivity contribution in [2.75, 3.05) is 13.1 Å². The number of hydrogen-bond donors (Lipinski definition) is 3. The number of likely N-dealkylation sites (tertiary alicyclic amines) is 1. The highest BCUT2D eigenvalue weighted by Gasteiger charge is 2.42. The van der Waals surface area contributed by atoms with Gasteiger partial charge in [-0.2, -0.15) is 0 Å². The Balaban J connectivity index is 2.76. The van der Waals surface area contributed by atoms with Gasteiger partial charge in [0.2, 0.25) is 5.91 Å². The van der Waals surface area contributed by atoms with E-state index in [1.807, 2.05) is 0 Å². The number of hydrogen-bond acceptors (Lipinski definition) is 4. The fraction of sp³-hybridized carbons (Fsp3) is 0.750. The van der Waals surface area contributed by atoms with Crippen LogP contribution in [0.5, 0.6) is 0 Å². The Morgan fingerprint density at radius 2 is 2.00 bits per heavy atom. The molecule has 19 heavy (non-hydrogen) atoms. The summed E-state index contributed by atoms with van der Waals surface area (Å²) in [6, 6.07) is -1.11. The van der Waals surface area contributed by atoms with E-state index in [4.69, 9.17) is 10.8 Å². The maximum atomic E-state index is 12.0. The molecule has 0 spiro atoms. The van der Waals surface area contributed by atoms with Gasteiger partial charge in [-0.1, -0.05) is 6.92 Å². The standard InChI is InChI=1S/C12H20N2O5/c1-2-12(11(18)19)4-3-5-14(7-12)10(17)8(13)6-9(15)16/h8H,2-7,13H2,1H3,(H,15,16)(H,18,19). The van der Waals surface area contributed by atoms with Crippen LogP contribution in [0.1, 0.15) is 32.6 Å². The van der Waals surface area contributed by atoms with Gasteiger partial charge in [-0.05, 0) is 19.3 Å². The van der Waals surface area contributed by atoms with Gasteiger partial charge in [-0.15, -0.1) is 0 Å². The molecule has 1 heterocycles. The lowest BCUT2D eigenvalue weighted by Gasteiger charge is -2.40. The molecular formula is C12H20N2O5. The predicted octanol–water partition coefficient (Wildman–Crippen LogP) is -0.108. The Morgan fingerprint density at radius 1 is 1.37 bits per heavy atom. The minimum absolute atomic E-state index is 0.102. The third-order valence-corrected chi connectivity index (χ3v) is 3.73. The van der Waals surface area contributed by atoms with Crippen LogP contribution in [0.15, 0.2) is 0 Å². The molecule has 2 unspecified atom stereocenters. The monoisotopic (exact) mass is 272 g/mol. The normalized spacial score (nSPS) is 24.8. The zero-order valence-corrected chi connectivity index (χ0v) is 11.0. The van der Waals surface area contributed by atoms with E-state index < -0.39 is 35.7 Å². The zero-order chi connectivity index (χ0) is 14.6. The van der Waals surface area contributed by atoms with Gasteiger partial charge in [0.15, 0.2) is 0 Å². The van der Waals surface area contributed by atoms with Gasteiger partial charge in [0.05, 0.1) is 17.9 Å². The van der Waals surface area contributed by atoms with Crippen molar-refractivity contribution < 1.29 is 24.6 Å². The number of carbonyl (C=O) groups excluding carboxylic acids is 1. The van der Waals surface area contributed by atoms with Crippen LogP contribution in [0.4, 0.5) is 0 Å². The molecule has 0 aromatic carbocycles. The molecule has 1 fully saturated rings. The Hall–Kier alpha value is -1.63. The lowest BCUT2D eigenvalue weighted by atomic mass is 9.77. The third-order valence-electron chi connectivity index (χ3n) is 3.73. The van der Waals surface area contributed by atoms with Crippen molar-refractivity contribution in [3.05, 3.63) is 0 Å². The molecule has 2 atom stereocenters. The van der Waals surface area contributed by atoms with Crippen LogP contribution in [0.25, 0.3) is 0 Å². The Bertz CT molecular complexity index is 384. The van der Waals surface area contributed by atoms with Crippen molar-refractivity contribution in [2.24, 2.45) is 11.1 Å². The molecule has 0 saturated carbocycles. The van der Waals surface area contributed by atoms with Gasteiger partial charge < -0.3 is 20.8 Å². The van der Waals surface area contributed by atoms with Crippen molar-refractivity contribution in [3.63, 3.8) is 0 Å². The van der Waals surface area contributed by atoms with Crippen molar-refractivity contribution in [2.45, 2.75) is 38.6 Å². The fourth-order valence-corrected chi connectivity index (χ4v) is 2.44. The maximum absolute atomic E-state index is 12.0. The van der Waals surface area contributed by atoms with Crippen LogP contribution in [-0.4, -0.2) is 52.1 Å². The molecule has 0 radical (unpaired) electrons. The molecule has 0 aromatic heterocycles. The second-order valence-electron chi connectivity index (χ2n) is 5.01. The molecule has 1 saturated heterocycles. The molecule has 108 valence electrons. The number of carbonyl (C=O) groups is 3. The summed E-state index contributed by atoms with van der Waals surface area (Å²) < 4.78 is 0. The van der Waals surface area contributed by atoms with Crippen molar-refractivity contribution >= 4 is 17.8 Å². The quantitative estimate of drug-likeness (QED) is 0.642. The molecule has 1 aliphatic heterocycles. The Kier molecular flexibility index (Phi) is 4.88. The SMILES string of the molecule is CCC1(C(=O)O)CCCN(C(=O)C(N)CC(=O)O)C1. The summed E-state index contributed by atoms with van der Waals surface area (Å²) in [6.07, 6.45) is 1.10. The molecule has 0 aromatic rings. The van der Waals surface area contributed by atoms with Crippen LogP contribution in [0.2, 0.25) is 0 Å². The second kappa shape index (κ2) is 6.01. The molecule has 1 aliphatic rings. The molecule has 7 heteroatoms. The van der Waals surface area contributed by atoms with E-state index in [1.54, 1.807) is 6.92 Å². The first-order valence-corrected chi connectivity index (χ1v) is 6.32. The number of rotatable bonds is 5. The first-order valence-electron chi connectivity index (χ1n) is 6.32. The van der Waals surface area contributed by atoms with Gasteiger partial charge in [-0.25, -0.2) is 0 Å². The lowest BCUT2D eigenvalue weighted by molar-refractivity contribution is -0.156. The van der Waals surface area contributed by atoms with Crippen LogP contribution in [-0.2, 0) is 14.4 Å². The van der Waals surface area contributed by atoms with Gasteiger partial charge in [-0.3, -0.25) is 14.4 Å². The van der Waals surface area contributed by atoms with Gasteiger partial charge >= 0.3 is 11.9 Å². The molecule has 0 bridgehead atoms. The van der Waals surface area contributed by atoms with Crippen molar-refractivity contribution in [1.82, 2.24) is 4.90 Å². The number of carboxylic acid groups (broad SMARTS) is 2. The minimum Gasteiger partial charge on any atom is -0.481 e. The van der Waals surface area contributed by atoms with E-state index in [-0.39, 0.29) is 6.54 Å². The van der Waals surface area contributed by atoms with Gasteiger partial charge in [0, 0.05) is 13.1 Å². The van der Waals surface area contributed by atoms with E-state index >= 15 is 0 Å². The number of aliphatic carboxylic acids is 2. The minimum atomic E-state index is -1.14. The molecule has 4 N–H and O–H groups in total. The highest BCUT2D eigenvalue weighted by atomic mass is 16.4. The average Bonchev–Trinajstić information content (AvgIpc) is 2.36. The summed E-state index contributed by atoms with van der Waals surface area (Å²) >= 11 is 0.